The summed E-state index contributed by atoms with van der Waals surface area (Å²) < 4.78 is 23.2. The minimum atomic E-state index is -3.03. The highest BCUT2D eigenvalue weighted by atomic mass is 32.2. The molecule has 1 saturated carbocycles. The van der Waals surface area contributed by atoms with Gasteiger partial charge in [0.1, 0.15) is 5.82 Å². The van der Waals surface area contributed by atoms with Gasteiger partial charge in [-0.3, -0.25) is 9.78 Å². The van der Waals surface area contributed by atoms with Crippen LogP contribution in [0.15, 0.2) is 30.7 Å². The molecule has 2 fully saturated rings. The highest BCUT2D eigenvalue weighted by Crippen LogP contribution is 2.38. The Balaban J connectivity index is 1.35. The first-order valence-electron chi connectivity index (χ1n) is 10.6. The number of sulfone groups is 1. The van der Waals surface area contributed by atoms with Crippen molar-refractivity contribution in [2.75, 3.05) is 18.1 Å². The Hall–Kier alpha value is -2.35. The predicted molar refractivity (Wildman–Crippen MR) is 114 cm³/mol. The fraction of sp³-hybridized carbons (Fsp3) is 0.545. The molecule has 2 aromatic heterocycles. The molecule has 7 nitrogen and oxygen atoms in total. The van der Waals surface area contributed by atoms with Crippen LogP contribution in [0.5, 0.6) is 0 Å². The Morgan fingerprint density at radius 1 is 1.13 bits per heavy atom. The molecule has 0 spiro atoms. The molecule has 1 N–H and O–H groups in total. The lowest BCUT2D eigenvalue weighted by Crippen LogP contribution is -2.36. The van der Waals surface area contributed by atoms with Gasteiger partial charge in [-0.25, -0.2) is 18.4 Å². The molecule has 0 aromatic carbocycles. The van der Waals surface area contributed by atoms with E-state index in [1.807, 2.05) is 25.3 Å². The molecule has 1 amide bonds. The van der Waals surface area contributed by atoms with Crippen LogP contribution in [0, 0.1) is 18.8 Å². The molecule has 4 rings (SSSR count). The molecular formula is C22H28N4O3S. The van der Waals surface area contributed by atoms with Gasteiger partial charge in [0.2, 0.25) is 5.91 Å². The Labute approximate surface area is 177 Å². The number of carbonyl (C=O) groups excluding carboxylic acids is 1. The second kappa shape index (κ2) is 8.79. The smallest absolute Gasteiger partial charge is 0.224 e. The second-order valence-corrected chi connectivity index (χ2v) is 10.7. The Bertz CT molecular complexity index is 1000. The van der Waals surface area contributed by atoms with Gasteiger partial charge in [0.05, 0.1) is 23.1 Å². The quantitative estimate of drug-likeness (QED) is 0.786. The molecule has 0 radical (unpaired) electrons. The fourth-order valence-electron chi connectivity index (χ4n) is 4.58. The summed E-state index contributed by atoms with van der Waals surface area (Å²) in [5.41, 5.74) is 3.26. The summed E-state index contributed by atoms with van der Waals surface area (Å²) in [5.74, 6) is 1.23. The summed E-state index contributed by atoms with van der Waals surface area (Å²) in [6.45, 7) is 2.55. The number of pyridine rings is 1. The topological polar surface area (TPSA) is 102 Å². The number of carbonyl (C=O) groups is 1. The third kappa shape index (κ3) is 4.86. The molecule has 8 heteroatoms. The molecule has 30 heavy (non-hydrogen) atoms. The maximum Gasteiger partial charge on any atom is 0.224 e. The number of nitrogens with one attached hydrogen (secondary N) is 1. The highest BCUT2D eigenvalue weighted by molar-refractivity contribution is 7.91. The van der Waals surface area contributed by atoms with E-state index in [1.165, 1.54) is 0 Å². The van der Waals surface area contributed by atoms with Crippen molar-refractivity contribution in [2.45, 2.75) is 44.9 Å². The van der Waals surface area contributed by atoms with Gasteiger partial charge >= 0.3 is 0 Å². The highest BCUT2D eigenvalue weighted by Gasteiger charge is 2.33. The van der Waals surface area contributed by atoms with Gasteiger partial charge in [-0.15, -0.1) is 0 Å². The minimum absolute atomic E-state index is 0.00355. The van der Waals surface area contributed by atoms with Crippen LogP contribution in [-0.2, 0) is 14.6 Å². The maximum absolute atomic E-state index is 12.3. The number of amides is 1. The zero-order valence-corrected chi connectivity index (χ0v) is 18.1. The molecule has 1 aliphatic heterocycles. The zero-order chi connectivity index (χ0) is 21.1. The fourth-order valence-corrected chi connectivity index (χ4v) is 6.33. The van der Waals surface area contributed by atoms with E-state index < -0.39 is 9.84 Å². The van der Waals surface area contributed by atoms with Crippen LogP contribution in [0.2, 0.25) is 0 Å². The first kappa shape index (κ1) is 20.9. The number of nitrogens with zero attached hydrogens (tertiary/aromatic N) is 3. The molecule has 2 aliphatic rings. The Morgan fingerprint density at radius 3 is 2.53 bits per heavy atom. The van der Waals surface area contributed by atoms with Crippen LogP contribution in [0.4, 0.5) is 0 Å². The Morgan fingerprint density at radius 2 is 1.87 bits per heavy atom. The summed E-state index contributed by atoms with van der Waals surface area (Å²) >= 11 is 0. The number of aryl methyl sites for hydroxylation is 1. The number of hydrogen-bond acceptors (Lipinski definition) is 6. The first-order chi connectivity index (χ1) is 14.4. The molecule has 160 valence electrons. The number of rotatable bonds is 5. The normalized spacial score (nSPS) is 25.7. The van der Waals surface area contributed by atoms with Crippen LogP contribution in [-0.4, -0.2) is 47.3 Å². The van der Waals surface area contributed by atoms with Crippen molar-refractivity contribution in [2.24, 2.45) is 11.8 Å². The van der Waals surface area contributed by atoms with Crippen LogP contribution in [0.1, 0.15) is 49.5 Å². The van der Waals surface area contributed by atoms with Crippen molar-refractivity contribution in [3.8, 4) is 11.1 Å². The second-order valence-electron chi connectivity index (χ2n) is 8.51. The number of aromatic nitrogens is 3. The maximum atomic E-state index is 12.3. The van der Waals surface area contributed by atoms with E-state index in [-0.39, 0.29) is 23.3 Å². The lowest BCUT2D eigenvalue weighted by Gasteiger charge is -2.29. The van der Waals surface area contributed by atoms with E-state index >= 15 is 0 Å². The van der Waals surface area contributed by atoms with E-state index in [1.54, 1.807) is 12.4 Å². The largest absolute Gasteiger partial charge is 0.356 e. The van der Waals surface area contributed by atoms with Gasteiger partial charge in [-0.2, -0.15) is 0 Å². The standard InChI is InChI=1S/C22H28N4O3S/c1-15-24-13-20(17-6-9-23-10-7-17)21(26-15)18-4-2-16(3-5-18)12-25-22(27)19-8-11-30(28,29)14-19/h6-7,9-10,13,16,18-19H,2-5,8,11-12,14H2,1H3,(H,25,27). The van der Waals surface area contributed by atoms with Gasteiger partial charge in [0.25, 0.3) is 0 Å². The molecule has 2 aromatic rings. The van der Waals surface area contributed by atoms with Gasteiger partial charge in [-0.1, -0.05) is 0 Å². The third-order valence-corrected chi connectivity index (χ3v) is 8.10. The molecule has 3 heterocycles. The van der Waals surface area contributed by atoms with Gasteiger partial charge in [-0.05, 0) is 62.6 Å². The SMILES string of the molecule is Cc1ncc(-c2ccncc2)c(C2CCC(CNC(=O)C3CCS(=O)(=O)C3)CC2)n1. The summed E-state index contributed by atoms with van der Waals surface area (Å²) in [6, 6.07) is 3.98. The van der Waals surface area contributed by atoms with E-state index in [0.29, 0.717) is 24.8 Å². The van der Waals surface area contributed by atoms with Crippen molar-refractivity contribution in [1.29, 1.82) is 0 Å². The van der Waals surface area contributed by atoms with Gasteiger partial charge in [0, 0.05) is 36.6 Å². The van der Waals surface area contributed by atoms with Gasteiger partial charge < -0.3 is 5.32 Å². The summed E-state index contributed by atoms with van der Waals surface area (Å²) in [4.78, 5) is 25.6. The molecule has 1 unspecified atom stereocenters. The lowest BCUT2D eigenvalue weighted by atomic mass is 9.79. The van der Waals surface area contributed by atoms with Crippen molar-refractivity contribution in [3.05, 3.63) is 42.2 Å². The van der Waals surface area contributed by atoms with Crippen LogP contribution >= 0.6 is 0 Å². The predicted octanol–water partition coefficient (Wildman–Crippen LogP) is 2.67. The van der Waals surface area contributed by atoms with E-state index in [2.05, 4.69) is 15.3 Å². The molecule has 0 bridgehead atoms. The van der Waals surface area contributed by atoms with E-state index in [4.69, 9.17) is 4.98 Å². The van der Waals surface area contributed by atoms with Gasteiger partial charge in [0.15, 0.2) is 9.84 Å². The van der Waals surface area contributed by atoms with E-state index in [9.17, 15) is 13.2 Å². The molecular weight excluding hydrogens is 400 g/mol. The van der Waals surface area contributed by atoms with Crippen LogP contribution in [0.25, 0.3) is 11.1 Å². The van der Waals surface area contributed by atoms with Crippen molar-refractivity contribution >= 4 is 15.7 Å². The first-order valence-corrected chi connectivity index (χ1v) is 12.5. The zero-order valence-electron chi connectivity index (χ0n) is 17.3. The third-order valence-electron chi connectivity index (χ3n) is 6.33. The molecule has 1 aliphatic carbocycles. The summed E-state index contributed by atoms with van der Waals surface area (Å²) in [6.07, 6.45) is 10.0. The van der Waals surface area contributed by atoms with Crippen molar-refractivity contribution in [1.82, 2.24) is 20.3 Å². The van der Waals surface area contributed by atoms with E-state index in [0.717, 1.165) is 48.3 Å². The van der Waals surface area contributed by atoms with Crippen molar-refractivity contribution < 1.29 is 13.2 Å². The minimum Gasteiger partial charge on any atom is -0.356 e. The molecule has 1 atom stereocenters. The average Bonchev–Trinajstić information content (AvgIpc) is 3.13. The Kier molecular flexibility index (Phi) is 6.13. The van der Waals surface area contributed by atoms with Crippen LogP contribution < -0.4 is 5.32 Å². The lowest BCUT2D eigenvalue weighted by molar-refractivity contribution is -0.124. The van der Waals surface area contributed by atoms with Crippen LogP contribution in [0.3, 0.4) is 0 Å². The average molecular weight is 429 g/mol. The number of hydrogen-bond donors (Lipinski definition) is 1. The molecule has 1 saturated heterocycles. The monoisotopic (exact) mass is 428 g/mol. The summed E-state index contributed by atoms with van der Waals surface area (Å²) in [7, 11) is -3.03. The van der Waals surface area contributed by atoms with Crippen molar-refractivity contribution in [3.63, 3.8) is 0 Å². The summed E-state index contributed by atoms with van der Waals surface area (Å²) in [5, 5.41) is 3.00.